The van der Waals surface area contributed by atoms with E-state index in [4.69, 9.17) is 4.74 Å². The van der Waals surface area contributed by atoms with Crippen molar-refractivity contribution in [2.24, 2.45) is 0 Å². The lowest BCUT2D eigenvalue weighted by molar-refractivity contribution is -0.140. The molecule has 1 saturated heterocycles. The Morgan fingerprint density at radius 3 is 3.04 bits per heavy atom. The van der Waals surface area contributed by atoms with E-state index in [-0.39, 0.29) is 11.9 Å². The molecule has 0 aromatic carbocycles. The lowest BCUT2D eigenvalue weighted by Gasteiger charge is -2.36. The average molecular weight is 329 g/mol. The molecule has 1 amide bonds. The van der Waals surface area contributed by atoms with Crippen LogP contribution in [0.3, 0.4) is 0 Å². The maximum Gasteiger partial charge on any atom is 0.242 e. The zero-order valence-electron chi connectivity index (χ0n) is 14.0. The van der Waals surface area contributed by atoms with Gasteiger partial charge < -0.3 is 14.2 Å². The highest BCUT2D eigenvalue weighted by molar-refractivity contribution is 5.76. The molecule has 24 heavy (non-hydrogen) atoms. The van der Waals surface area contributed by atoms with Crippen molar-refractivity contribution in [1.29, 1.82) is 0 Å². The first kappa shape index (κ1) is 16.6. The van der Waals surface area contributed by atoms with Crippen molar-refractivity contribution in [3.63, 3.8) is 0 Å². The Balaban J connectivity index is 1.62. The number of hydrogen-bond donors (Lipinski definition) is 0. The summed E-state index contributed by atoms with van der Waals surface area (Å²) in [5, 5.41) is 0. The second-order valence-corrected chi connectivity index (χ2v) is 5.88. The highest BCUT2D eigenvalue weighted by Gasteiger charge is 2.27. The van der Waals surface area contributed by atoms with Gasteiger partial charge in [0.15, 0.2) is 0 Å². The molecule has 1 atom stereocenters. The van der Waals surface area contributed by atoms with Crippen LogP contribution in [0.2, 0.25) is 0 Å². The van der Waals surface area contributed by atoms with Gasteiger partial charge in [-0.15, -0.1) is 0 Å². The fraction of sp³-hybridized carbons (Fsp3) is 0.529. The minimum atomic E-state index is 0.0851. The molecule has 3 rings (SSSR count). The molecule has 1 aliphatic rings. The molecule has 3 heterocycles. The molecule has 7 nitrogen and oxygen atoms in total. The van der Waals surface area contributed by atoms with Gasteiger partial charge in [-0.3, -0.25) is 14.8 Å². The molecule has 1 aliphatic heterocycles. The highest BCUT2D eigenvalue weighted by Crippen LogP contribution is 2.14. The monoisotopic (exact) mass is 329 g/mol. The van der Waals surface area contributed by atoms with Gasteiger partial charge in [0, 0.05) is 43.9 Å². The number of carbonyl (C=O) groups is 1. The van der Waals surface area contributed by atoms with Crippen LogP contribution in [0.4, 0.5) is 0 Å². The van der Waals surface area contributed by atoms with Crippen molar-refractivity contribution < 1.29 is 9.53 Å². The molecule has 0 spiro atoms. The number of aryl methyl sites for hydroxylation is 2. The van der Waals surface area contributed by atoms with Gasteiger partial charge in [-0.1, -0.05) is 6.92 Å². The summed E-state index contributed by atoms with van der Waals surface area (Å²) in [6.07, 6.45) is 11.2. The molecular weight excluding hydrogens is 306 g/mol. The Morgan fingerprint density at radius 1 is 1.33 bits per heavy atom. The summed E-state index contributed by atoms with van der Waals surface area (Å²) >= 11 is 0. The molecule has 2 aromatic heterocycles. The number of imidazole rings is 1. The fourth-order valence-corrected chi connectivity index (χ4v) is 3.03. The van der Waals surface area contributed by atoms with Crippen LogP contribution in [0.15, 0.2) is 31.0 Å². The van der Waals surface area contributed by atoms with Gasteiger partial charge in [0.2, 0.25) is 5.91 Å². The van der Waals surface area contributed by atoms with Crippen LogP contribution in [0.25, 0.3) is 0 Å². The SMILES string of the molecule is CCc1nccn1CC(=O)N1CCOCC1CCc1cnccn1. The number of nitrogens with zero attached hydrogens (tertiary/aromatic N) is 5. The fourth-order valence-electron chi connectivity index (χ4n) is 3.03. The van der Waals surface area contributed by atoms with Crippen molar-refractivity contribution in [1.82, 2.24) is 24.4 Å². The molecule has 0 saturated carbocycles. The standard InChI is InChI=1S/C17H23N5O2/c1-2-16-20-7-8-21(16)12-17(23)22-9-10-24-13-15(22)4-3-14-11-18-5-6-19-14/h5-8,11,15H,2-4,9-10,12-13H2,1H3. The largest absolute Gasteiger partial charge is 0.377 e. The lowest BCUT2D eigenvalue weighted by atomic mass is 10.1. The number of ether oxygens (including phenoxy) is 1. The Bertz CT molecular complexity index is 658. The second-order valence-electron chi connectivity index (χ2n) is 5.88. The van der Waals surface area contributed by atoms with Crippen LogP contribution in [-0.2, 0) is 28.9 Å². The maximum absolute atomic E-state index is 12.7. The van der Waals surface area contributed by atoms with Gasteiger partial charge in [0.25, 0.3) is 0 Å². The van der Waals surface area contributed by atoms with Gasteiger partial charge in [-0.2, -0.15) is 0 Å². The van der Waals surface area contributed by atoms with E-state index in [9.17, 15) is 4.79 Å². The van der Waals surface area contributed by atoms with E-state index >= 15 is 0 Å². The molecule has 0 bridgehead atoms. The van der Waals surface area contributed by atoms with Gasteiger partial charge in [-0.05, 0) is 12.8 Å². The van der Waals surface area contributed by atoms with Crippen LogP contribution in [0, 0.1) is 0 Å². The summed E-state index contributed by atoms with van der Waals surface area (Å²) in [5.74, 6) is 1.06. The molecule has 1 unspecified atom stereocenters. The first-order chi connectivity index (χ1) is 11.8. The number of hydrogen-bond acceptors (Lipinski definition) is 5. The molecule has 128 valence electrons. The lowest BCUT2D eigenvalue weighted by Crippen LogP contribution is -2.50. The van der Waals surface area contributed by atoms with Crippen molar-refractivity contribution in [3.8, 4) is 0 Å². The predicted molar refractivity (Wildman–Crippen MR) is 88.3 cm³/mol. The number of amides is 1. The van der Waals surface area contributed by atoms with Crippen molar-refractivity contribution in [2.75, 3.05) is 19.8 Å². The molecule has 2 aromatic rings. The minimum Gasteiger partial charge on any atom is -0.377 e. The van der Waals surface area contributed by atoms with E-state index in [1.54, 1.807) is 24.8 Å². The first-order valence-corrected chi connectivity index (χ1v) is 8.40. The van der Waals surface area contributed by atoms with E-state index in [1.807, 2.05) is 22.6 Å². The van der Waals surface area contributed by atoms with Crippen LogP contribution in [-0.4, -0.2) is 56.1 Å². The highest BCUT2D eigenvalue weighted by atomic mass is 16.5. The Hall–Kier alpha value is -2.28. The third-order valence-electron chi connectivity index (χ3n) is 4.32. The normalized spacial score (nSPS) is 17.9. The van der Waals surface area contributed by atoms with E-state index in [2.05, 4.69) is 15.0 Å². The predicted octanol–water partition coefficient (Wildman–Crippen LogP) is 1.10. The number of aromatic nitrogens is 4. The topological polar surface area (TPSA) is 73.1 Å². The Kier molecular flexibility index (Phi) is 5.53. The van der Waals surface area contributed by atoms with Crippen molar-refractivity contribution in [3.05, 3.63) is 42.5 Å². The minimum absolute atomic E-state index is 0.0851. The van der Waals surface area contributed by atoms with Gasteiger partial charge >= 0.3 is 0 Å². The van der Waals surface area contributed by atoms with E-state index < -0.39 is 0 Å². The summed E-state index contributed by atoms with van der Waals surface area (Å²) in [4.78, 5) is 27.4. The smallest absolute Gasteiger partial charge is 0.242 e. The van der Waals surface area contributed by atoms with Crippen LogP contribution in [0.1, 0.15) is 24.9 Å². The van der Waals surface area contributed by atoms with Crippen LogP contribution < -0.4 is 0 Å². The van der Waals surface area contributed by atoms with Crippen molar-refractivity contribution in [2.45, 2.75) is 38.8 Å². The van der Waals surface area contributed by atoms with Gasteiger partial charge in [0.05, 0.1) is 24.9 Å². The zero-order valence-corrected chi connectivity index (χ0v) is 14.0. The summed E-state index contributed by atoms with van der Waals surface area (Å²) in [6.45, 7) is 4.20. The van der Waals surface area contributed by atoms with E-state index in [1.165, 1.54) is 0 Å². The van der Waals surface area contributed by atoms with Crippen LogP contribution in [0.5, 0.6) is 0 Å². The summed E-state index contributed by atoms with van der Waals surface area (Å²) in [7, 11) is 0. The second kappa shape index (κ2) is 8.01. The van der Waals surface area contributed by atoms with Gasteiger partial charge in [0.1, 0.15) is 12.4 Å². The zero-order chi connectivity index (χ0) is 16.8. The van der Waals surface area contributed by atoms with Crippen LogP contribution >= 0.6 is 0 Å². The molecule has 0 radical (unpaired) electrons. The Labute approximate surface area is 141 Å². The number of morpholine rings is 1. The maximum atomic E-state index is 12.7. The first-order valence-electron chi connectivity index (χ1n) is 8.40. The summed E-state index contributed by atoms with van der Waals surface area (Å²) in [6, 6.07) is 0.0851. The molecule has 0 aliphatic carbocycles. The third kappa shape index (κ3) is 3.97. The molecule has 1 fully saturated rings. The quantitative estimate of drug-likeness (QED) is 0.793. The molecule has 7 heteroatoms. The Morgan fingerprint density at radius 2 is 2.25 bits per heavy atom. The summed E-state index contributed by atoms with van der Waals surface area (Å²) in [5.41, 5.74) is 0.943. The third-order valence-corrected chi connectivity index (χ3v) is 4.32. The van der Waals surface area contributed by atoms with Gasteiger partial charge in [-0.25, -0.2) is 4.98 Å². The molecule has 0 N–H and O–H groups in total. The summed E-state index contributed by atoms with van der Waals surface area (Å²) < 4.78 is 7.51. The van der Waals surface area contributed by atoms with Crippen molar-refractivity contribution >= 4 is 5.91 Å². The number of rotatable bonds is 6. The average Bonchev–Trinajstić information content (AvgIpc) is 3.08. The van der Waals surface area contributed by atoms with E-state index in [0.717, 1.165) is 30.8 Å². The molecular formula is C17H23N5O2. The van der Waals surface area contributed by atoms with E-state index in [0.29, 0.717) is 26.3 Å². The number of carbonyl (C=O) groups excluding carboxylic acids is 1.